The largest absolute Gasteiger partial charge is 0.397 e. The first-order valence-electron chi connectivity index (χ1n) is 7.38. The maximum atomic E-state index is 12.5. The lowest BCUT2D eigenvalue weighted by molar-refractivity contribution is -0.117. The van der Waals surface area contributed by atoms with E-state index in [0.29, 0.717) is 23.1 Å². The summed E-state index contributed by atoms with van der Waals surface area (Å²) in [6.07, 6.45) is 0.422. The van der Waals surface area contributed by atoms with Crippen LogP contribution < -0.4 is 4.90 Å². The molecule has 2 heterocycles. The van der Waals surface area contributed by atoms with Gasteiger partial charge in [0.05, 0.1) is 29.1 Å². The number of hydrogen-bond donors (Lipinski definition) is 0. The Morgan fingerprint density at radius 1 is 1.48 bits per heavy atom. The zero-order valence-corrected chi connectivity index (χ0v) is 15.1. The van der Waals surface area contributed by atoms with Crippen molar-refractivity contribution in [2.24, 2.45) is 0 Å². The molecule has 0 aliphatic carbocycles. The third-order valence-electron chi connectivity index (χ3n) is 3.28. The number of nitrogens with zero attached hydrogens (tertiary/aromatic N) is 4. The SMILES string of the molecule is CCN(C(=O)C(C)SCC(F)(F)F)c1cn(-c2cccnc2)nc1Cl. The fraction of sp³-hybridized carbons (Fsp3) is 0.400. The Morgan fingerprint density at radius 3 is 2.76 bits per heavy atom. The normalized spacial score (nSPS) is 12.9. The van der Waals surface area contributed by atoms with Gasteiger partial charge in [-0.05, 0) is 26.0 Å². The van der Waals surface area contributed by atoms with Crippen LogP contribution >= 0.6 is 23.4 Å². The summed E-state index contributed by atoms with van der Waals surface area (Å²) in [6, 6.07) is 3.49. The molecule has 2 aromatic heterocycles. The van der Waals surface area contributed by atoms with Gasteiger partial charge in [-0.1, -0.05) is 11.6 Å². The number of hydrogen-bond acceptors (Lipinski definition) is 4. The molecule has 2 aromatic rings. The molecule has 0 fully saturated rings. The minimum atomic E-state index is -4.32. The van der Waals surface area contributed by atoms with Gasteiger partial charge in [0, 0.05) is 12.7 Å². The average Bonchev–Trinajstić information content (AvgIpc) is 2.95. The fourth-order valence-corrected chi connectivity index (χ4v) is 3.04. The average molecular weight is 393 g/mol. The number of aromatic nitrogens is 3. The molecule has 0 aliphatic rings. The molecule has 136 valence electrons. The van der Waals surface area contributed by atoms with E-state index >= 15 is 0 Å². The predicted octanol–water partition coefficient (Wildman–Crippen LogP) is 3.96. The minimum absolute atomic E-state index is 0.0899. The highest BCUT2D eigenvalue weighted by atomic mass is 35.5. The highest BCUT2D eigenvalue weighted by molar-refractivity contribution is 8.00. The van der Waals surface area contributed by atoms with Gasteiger partial charge in [-0.3, -0.25) is 9.78 Å². The number of alkyl halides is 3. The van der Waals surface area contributed by atoms with Gasteiger partial charge in [-0.15, -0.1) is 11.8 Å². The van der Waals surface area contributed by atoms with E-state index in [1.807, 2.05) is 0 Å². The van der Waals surface area contributed by atoms with Crippen molar-refractivity contribution in [3.8, 4) is 5.69 Å². The monoisotopic (exact) mass is 392 g/mol. The topological polar surface area (TPSA) is 51.0 Å². The van der Waals surface area contributed by atoms with Gasteiger partial charge in [0.2, 0.25) is 5.91 Å². The number of anilines is 1. The summed E-state index contributed by atoms with van der Waals surface area (Å²) in [5.74, 6) is -1.54. The molecule has 0 N–H and O–H groups in total. The zero-order chi connectivity index (χ0) is 18.6. The summed E-state index contributed by atoms with van der Waals surface area (Å²) in [5.41, 5.74) is 0.996. The van der Waals surface area contributed by atoms with Gasteiger partial charge >= 0.3 is 6.18 Å². The van der Waals surface area contributed by atoms with E-state index in [9.17, 15) is 18.0 Å². The van der Waals surface area contributed by atoms with Crippen LogP contribution in [0, 0.1) is 0 Å². The maximum absolute atomic E-state index is 12.5. The van der Waals surface area contributed by atoms with Crippen molar-refractivity contribution in [1.29, 1.82) is 0 Å². The molecule has 0 aliphatic heterocycles. The summed E-state index contributed by atoms with van der Waals surface area (Å²) < 4.78 is 38.5. The molecule has 1 atom stereocenters. The van der Waals surface area contributed by atoms with E-state index in [-0.39, 0.29) is 11.7 Å². The Morgan fingerprint density at radius 2 is 2.20 bits per heavy atom. The lowest BCUT2D eigenvalue weighted by Gasteiger charge is -2.23. The summed E-state index contributed by atoms with van der Waals surface area (Å²) in [4.78, 5) is 17.8. The number of amides is 1. The van der Waals surface area contributed by atoms with Gasteiger partial charge in [-0.25, -0.2) is 4.68 Å². The van der Waals surface area contributed by atoms with E-state index in [4.69, 9.17) is 11.6 Å². The quantitative estimate of drug-likeness (QED) is 0.746. The zero-order valence-electron chi connectivity index (χ0n) is 13.5. The van der Waals surface area contributed by atoms with E-state index in [1.54, 1.807) is 37.6 Å². The lowest BCUT2D eigenvalue weighted by atomic mass is 10.3. The first kappa shape index (κ1) is 19.6. The summed E-state index contributed by atoms with van der Waals surface area (Å²) in [7, 11) is 0. The molecule has 1 unspecified atom stereocenters. The Labute approximate surface area is 152 Å². The van der Waals surface area contributed by atoms with Crippen LogP contribution in [0.15, 0.2) is 30.7 Å². The van der Waals surface area contributed by atoms with Crippen LogP contribution in [0.2, 0.25) is 5.15 Å². The molecule has 0 saturated heterocycles. The maximum Gasteiger partial charge on any atom is 0.397 e. The lowest BCUT2D eigenvalue weighted by Crippen LogP contribution is -2.37. The van der Waals surface area contributed by atoms with Crippen LogP contribution in [0.3, 0.4) is 0 Å². The molecule has 1 amide bonds. The second-order valence-corrected chi connectivity index (χ2v) is 6.80. The van der Waals surface area contributed by atoms with Crippen molar-refractivity contribution >= 4 is 35.0 Å². The van der Waals surface area contributed by atoms with Crippen LogP contribution in [0.25, 0.3) is 5.69 Å². The van der Waals surface area contributed by atoms with Gasteiger partial charge in [0.15, 0.2) is 5.15 Å². The van der Waals surface area contributed by atoms with Crippen molar-refractivity contribution in [3.63, 3.8) is 0 Å². The second kappa shape index (κ2) is 8.09. The van der Waals surface area contributed by atoms with Gasteiger partial charge in [-0.2, -0.15) is 18.3 Å². The number of thioether (sulfide) groups is 1. The molecule has 0 saturated carbocycles. The van der Waals surface area contributed by atoms with E-state index in [2.05, 4.69) is 10.1 Å². The number of halogens is 4. The van der Waals surface area contributed by atoms with Crippen LogP contribution in [-0.2, 0) is 4.79 Å². The molecular weight excluding hydrogens is 377 g/mol. The first-order valence-corrected chi connectivity index (χ1v) is 8.81. The molecule has 0 bridgehead atoms. The van der Waals surface area contributed by atoms with Gasteiger partial charge in [0.1, 0.15) is 5.69 Å². The minimum Gasteiger partial charge on any atom is -0.308 e. The molecule has 2 rings (SSSR count). The molecule has 0 spiro atoms. The third-order valence-corrected chi connectivity index (χ3v) is 4.74. The molecule has 0 aromatic carbocycles. The standard InChI is InChI=1S/C15H16ClF3N4OS/c1-3-22(14(24)10(2)25-9-15(17,18)19)12-8-23(21-13(12)16)11-5-4-6-20-7-11/h4-8,10H,3,9H2,1-2H3. The fourth-order valence-electron chi connectivity index (χ4n) is 2.10. The molecule has 0 radical (unpaired) electrons. The highest BCUT2D eigenvalue weighted by Crippen LogP contribution is 2.29. The first-order chi connectivity index (χ1) is 11.7. The summed E-state index contributed by atoms with van der Waals surface area (Å²) in [5, 5.41) is 3.37. The Kier molecular flexibility index (Phi) is 6.34. The Bertz CT molecular complexity index is 723. The van der Waals surface area contributed by atoms with Crippen LogP contribution in [0.5, 0.6) is 0 Å². The van der Waals surface area contributed by atoms with E-state index < -0.39 is 23.1 Å². The Hall–Kier alpha value is -1.74. The van der Waals surface area contributed by atoms with E-state index in [0.717, 1.165) is 0 Å². The highest BCUT2D eigenvalue weighted by Gasteiger charge is 2.31. The summed E-state index contributed by atoms with van der Waals surface area (Å²) >= 11 is 6.68. The number of carbonyl (C=O) groups is 1. The van der Waals surface area contributed by atoms with Crippen molar-refractivity contribution in [3.05, 3.63) is 35.9 Å². The van der Waals surface area contributed by atoms with Gasteiger partial charge in [0.25, 0.3) is 0 Å². The van der Waals surface area contributed by atoms with E-state index in [1.165, 1.54) is 16.5 Å². The smallest absolute Gasteiger partial charge is 0.308 e. The number of rotatable bonds is 6. The van der Waals surface area contributed by atoms with Crippen LogP contribution in [-0.4, -0.2) is 44.4 Å². The summed E-state index contributed by atoms with van der Waals surface area (Å²) in [6.45, 7) is 3.42. The van der Waals surface area contributed by atoms with Crippen molar-refractivity contribution in [1.82, 2.24) is 14.8 Å². The molecule has 10 heteroatoms. The van der Waals surface area contributed by atoms with Crippen LogP contribution in [0.1, 0.15) is 13.8 Å². The van der Waals surface area contributed by atoms with Crippen LogP contribution in [0.4, 0.5) is 18.9 Å². The van der Waals surface area contributed by atoms with Crippen molar-refractivity contribution in [2.75, 3.05) is 17.2 Å². The predicted molar refractivity (Wildman–Crippen MR) is 92.4 cm³/mol. The molecule has 5 nitrogen and oxygen atoms in total. The molecule has 25 heavy (non-hydrogen) atoms. The second-order valence-electron chi connectivity index (χ2n) is 5.11. The molecular formula is C15H16ClF3N4OS. The van der Waals surface area contributed by atoms with Crippen molar-refractivity contribution in [2.45, 2.75) is 25.3 Å². The van der Waals surface area contributed by atoms with Crippen molar-refractivity contribution < 1.29 is 18.0 Å². The third kappa shape index (κ3) is 5.12. The Balaban J connectivity index is 2.20. The number of carbonyl (C=O) groups excluding carboxylic acids is 1. The van der Waals surface area contributed by atoms with Gasteiger partial charge < -0.3 is 4.90 Å². The number of pyridine rings is 1.